The number of carbonyl (C=O) groups is 1. The summed E-state index contributed by atoms with van der Waals surface area (Å²) in [7, 11) is 2.07. The van der Waals surface area contributed by atoms with E-state index in [1.54, 1.807) is 0 Å². The molecule has 0 unspecified atom stereocenters. The maximum atomic E-state index is 12.6. The zero-order valence-electron chi connectivity index (χ0n) is 12.1. The van der Waals surface area contributed by atoms with Gasteiger partial charge in [-0.05, 0) is 63.8 Å². The standard InChI is InChI=1S/C15H26N2O.ClH/c1-10-9-13(7-8-16-10)15(18)17(2)14(11-3-4-11)12-5-6-12;/h10-14,16H,3-9H2,1-2H3;1H/t10-,13-;/m0./s1. The zero-order chi connectivity index (χ0) is 12.7. The smallest absolute Gasteiger partial charge is 0.225 e. The van der Waals surface area contributed by atoms with E-state index in [0.29, 0.717) is 18.0 Å². The number of rotatable bonds is 4. The van der Waals surface area contributed by atoms with Crippen LogP contribution in [-0.4, -0.2) is 36.5 Å². The van der Waals surface area contributed by atoms with Gasteiger partial charge in [0.1, 0.15) is 0 Å². The molecule has 1 amide bonds. The van der Waals surface area contributed by atoms with Gasteiger partial charge in [-0.2, -0.15) is 0 Å². The molecule has 110 valence electrons. The van der Waals surface area contributed by atoms with Crippen LogP contribution >= 0.6 is 12.4 Å². The minimum atomic E-state index is 0. The number of piperidine rings is 1. The Morgan fingerprint density at radius 3 is 2.21 bits per heavy atom. The topological polar surface area (TPSA) is 32.3 Å². The zero-order valence-corrected chi connectivity index (χ0v) is 12.9. The largest absolute Gasteiger partial charge is 0.342 e. The van der Waals surface area contributed by atoms with Crippen LogP contribution in [0.5, 0.6) is 0 Å². The number of carbonyl (C=O) groups excluding carboxylic acids is 1. The molecule has 1 heterocycles. The Balaban J connectivity index is 0.00000133. The van der Waals surface area contributed by atoms with Gasteiger partial charge < -0.3 is 10.2 Å². The van der Waals surface area contributed by atoms with Gasteiger partial charge in [0.2, 0.25) is 5.91 Å². The van der Waals surface area contributed by atoms with E-state index >= 15 is 0 Å². The normalized spacial score (nSPS) is 30.9. The summed E-state index contributed by atoms with van der Waals surface area (Å²) >= 11 is 0. The van der Waals surface area contributed by atoms with Crippen molar-refractivity contribution >= 4 is 18.3 Å². The predicted molar refractivity (Wildman–Crippen MR) is 79.4 cm³/mol. The van der Waals surface area contributed by atoms with Gasteiger partial charge in [-0.3, -0.25) is 4.79 Å². The molecular formula is C15H27ClN2O. The van der Waals surface area contributed by atoms with Gasteiger partial charge in [-0.1, -0.05) is 0 Å². The fraction of sp³-hybridized carbons (Fsp3) is 0.933. The summed E-state index contributed by atoms with van der Waals surface area (Å²) < 4.78 is 0. The van der Waals surface area contributed by atoms with Crippen molar-refractivity contribution in [3.05, 3.63) is 0 Å². The average Bonchev–Trinajstić information content (AvgIpc) is 3.22. The van der Waals surface area contributed by atoms with Crippen LogP contribution in [0.4, 0.5) is 0 Å². The van der Waals surface area contributed by atoms with Crippen molar-refractivity contribution in [2.75, 3.05) is 13.6 Å². The Bertz CT molecular complexity index is 316. The highest BCUT2D eigenvalue weighted by Crippen LogP contribution is 2.47. The molecule has 4 heteroatoms. The van der Waals surface area contributed by atoms with E-state index in [9.17, 15) is 4.79 Å². The van der Waals surface area contributed by atoms with Gasteiger partial charge in [0.15, 0.2) is 0 Å². The Hall–Kier alpha value is -0.280. The predicted octanol–water partition coefficient (Wildman–Crippen LogP) is 2.44. The fourth-order valence-electron chi connectivity index (χ4n) is 3.68. The first-order valence-corrected chi connectivity index (χ1v) is 7.67. The maximum absolute atomic E-state index is 12.6. The molecule has 1 aliphatic heterocycles. The van der Waals surface area contributed by atoms with Crippen molar-refractivity contribution in [3.63, 3.8) is 0 Å². The molecule has 0 radical (unpaired) electrons. The molecule has 3 fully saturated rings. The third kappa shape index (κ3) is 3.43. The first kappa shape index (κ1) is 15.1. The van der Waals surface area contributed by atoms with Gasteiger partial charge in [-0.15, -0.1) is 12.4 Å². The number of nitrogens with zero attached hydrogens (tertiary/aromatic N) is 1. The van der Waals surface area contributed by atoms with Crippen LogP contribution in [0.25, 0.3) is 0 Å². The second-order valence-electron chi connectivity index (χ2n) is 6.69. The molecule has 3 aliphatic rings. The van der Waals surface area contributed by atoms with E-state index in [0.717, 1.165) is 31.2 Å². The summed E-state index contributed by atoms with van der Waals surface area (Å²) in [6.07, 6.45) is 7.44. The molecule has 2 atom stereocenters. The number of halogens is 1. The molecule has 0 spiro atoms. The first-order chi connectivity index (χ1) is 8.66. The number of nitrogens with one attached hydrogen (secondary N) is 1. The van der Waals surface area contributed by atoms with Crippen LogP contribution in [0.3, 0.4) is 0 Å². The molecule has 1 N–H and O–H groups in total. The maximum Gasteiger partial charge on any atom is 0.225 e. The molecule has 0 aromatic heterocycles. The highest BCUT2D eigenvalue weighted by molar-refractivity contribution is 5.85. The quantitative estimate of drug-likeness (QED) is 0.861. The van der Waals surface area contributed by atoms with Crippen molar-refractivity contribution < 1.29 is 4.79 Å². The summed E-state index contributed by atoms with van der Waals surface area (Å²) in [6.45, 7) is 3.20. The first-order valence-electron chi connectivity index (χ1n) is 7.67. The second-order valence-corrected chi connectivity index (χ2v) is 6.69. The summed E-state index contributed by atoms with van der Waals surface area (Å²) in [6, 6.07) is 1.07. The molecule has 0 aromatic carbocycles. The third-order valence-electron chi connectivity index (χ3n) is 4.98. The van der Waals surface area contributed by atoms with Crippen molar-refractivity contribution in [3.8, 4) is 0 Å². The lowest BCUT2D eigenvalue weighted by atomic mass is 9.91. The molecule has 0 bridgehead atoms. The van der Waals surface area contributed by atoms with Crippen molar-refractivity contribution in [1.82, 2.24) is 10.2 Å². The summed E-state index contributed by atoms with van der Waals surface area (Å²) in [5.41, 5.74) is 0. The molecule has 2 saturated carbocycles. The van der Waals surface area contributed by atoms with Crippen LogP contribution in [0.1, 0.15) is 45.4 Å². The summed E-state index contributed by atoms with van der Waals surface area (Å²) in [4.78, 5) is 14.8. The van der Waals surface area contributed by atoms with E-state index < -0.39 is 0 Å². The average molecular weight is 287 g/mol. The van der Waals surface area contributed by atoms with E-state index in [2.05, 4.69) is 24.2 Å². The van der Waals surface area contributed by atoms with E-state index in [-0.39, 0.29) is 18.3 Å². The van der Waals surface area contributed by atoms with Crippen LogP contribution in [0, 0.1) is 17.8 Å². The van der Waals surface area contributed by atoms with Crippen molar-refractivity contribution in [2.24, 2.45) is 17.8 Å². The van der Waals surface area contributed by atoms with E-state index in [1.165, 1.54) is 25.7 Å². The van der Waals surface area contributed by atoms with Gasteiger partial charge in [-0.25, -0.2) is 0 Å². The number of amides is 1. The monoisotopic (exact) mass is 286 g/mol. The number of hydrogen-bond acceptors (Lipinski definition) is 2. The minimum Gasteiger partial charge on any atom is -0.342 e. The van der Waals surface area contributed by atoms with Crippen LogP contribution in [0.15, 0.2) is 0 Å². The van der Waals surface area contributed by atoms with E-state index in [4.69, 9.17) is 0 Å². The Labute approximate surface area is 122 Å². The fourth-order valence-corrected chi connectivity index (χ4v) is 3.68. The molecule has 1 saturated heterocycles. The van der Waals surface area contributed by atoms with Crippen molar-refractivity contribution in [1.29, 1.82) is 0 Å². The summed E-state index contributed by atoms with van der Waals surface area (Å²) in [5, 5.41) is 3.43. The molecule has 19 heavy (non-hydrogen) atoms. The van der Waals surface area contributed by atoms with Gasteiger partial charge in [0.25, 0.3) is 0 Å². The van der Waals surface area contributed by atoms with Crippen molar-refractivity contribution in [2.45, 2.75) is 57.5 Å². The lowest BCUT2D eigenvalue weighted by molar-refractivity contribution is -0.138. The van der Waals surface area contributed by atoms with Crippen LogP contribution < -0.4 is 5.32 Å². The highest BCUT2D eigenvalue weighted by Gasteiger charge is 2.45. The number of hydrogen-bond donors (Lipinski definition) is 1. The lowest BCUT2D eigenvalue weighted by Gasteiger charge is -2.35. The van der Waals surface area contributed by atoms with Crippen LogP contribution in [-0.2, 0) is 4.79 Å². The summed E-state index contributed by atoms with van der Waals surface area (Å²) in [5.74, 6) is 2.34. The molecular weight excluding hydrogens is 260 g/mol. The molecule has 0 aromatic rings. The third-order valence-corrected chi connectivity index (χ3v) is 4.98. The Morgan fingerprint density at radius 1 is 1.16 bits per heavy atom. The molecule has 3 nitrogen and oxygen atoms in total. The lowest BCUT2D eigenvalue weighted by Crippen LogP contribution is -2.47. The van der Waals surface area contributed by atoms with E-state index in [1.807, 2.05) is 0 Å². The SMILES string of the molecule is C[C@H]1C[C@@H](C(=O)N(C)C(C2CC2)C2CC2)CCN1.Cl. The van der Waals surface area contributed by atoms with Gasteiger partial charge in [0.05, 0.1) is 0 Å². The van der Waals surface area contributed by atoms with Gasteiger partial charge >= 0.3 is 0 Å². The molecule has 3 rings (SSSR count). The Morgan fingerprint density at radius 2 is 1.74 bits per heavy atom. The van der Waals surface area contributed by atoms with Crippen LogP contribution in [0.2, 0.25) is 0 Å². The van der Waals surface area contributed by atoms with Gasteiger partial charge in [0, 0.05) is 25.0 Å². The Kier molecular flexibility index (Phi) is 4.78. The molecule has 2 aliphatic carbocycles. The minimum absolute atomic E-state index is 0. The highest BCUT2D eigenvalue weighted by atomic mass is 35.5. The second kappa shape index (κ2) is 6.01.